The van der Waals surface area contributed by atoms with Gasteiger partial charge >= 0.3 is 5.97 Å². The molecule has 4 rings (SSSR count). The third-order valence-corrected chi connectivity index (χ3v) is 6.43. The van der Waals surface area contributed by atoms with Gasteiger partial charge in [0.1, 0.15) is 35.5 Å². The lowest BCUT2D eigenvalue weighted by molar-refractivity contribution is 0.0450. The first-order valence-electron chi connectivity index (χ1n) is 9.49. The van der Waals surface area contributed by atoms with E-state index in [1.54, 1.807) is 0 Å². The molecule has 0 saturated heterocycles. The number of carbonyl (C=O) groups is 1. The lowest BCUT2D eigenvalue weighted by atomic mass is 10.0. The lowest BCUT2D eigenvalue weighted by Gasteiger charge is -2.15. The minimum absolute atomic E-state index is 0.103. The van der Waals surface area contributed by atoms with Crippen molar-refractivity contribution in [3.8, 4) is 22.6 Å². The number of hydrogen-bond acceptors (Lipinski definition) is 6. The Morgan fingerprint density at radius 3 is 2.52 bits per heavy atom. The van der Waals surface area contributed by atoms with Crippen molar-refractivity contribution < 1.29 is 36.2 Å². The van der Waals surface area contributed by atoms with E-state index < -0.39 is 32.5 Å². The van der Waals surface area contributed by atoms with Crippen LogP contribution in [0.15, 0.2) is 53.4 Å². The SMILES string of the molecule is COc1c(Cl)cc2cc1S(=O)(=O)Nc1cc(ccc1F)-c1ccc(F)cc1OCCOC2=O. The number of benzene rings is 3. The second kappa shape index (κ2) is 8.87. The normalized spacial score (nSPS) is 15.1. The Balaban J connectivity index is 1.92. The third kappa shape index (κ3) is 4.57. The number of cyclic esters (lactones) is 1. The number of nitrogens with one attached hydrogen (secondary N) is 1. The van der Waals surface area contributed by atoms with E-state index in [2.05, 4.69) is 4.72 Å². The molecule has 7 nitrogen and oxygen atoms in total. The number of halogens is 3. The summed E-state index contributed by atoms with van der Waals surface area (Å²) >= 11 is 6.13. The number of anilines is 1. The minimum Gasteiger partial charge on any atom is -0.494 e. The number of hydrogen-bond donors (Lipinski definition) is 1. The largest absolute Gasteiger partial charge is 0.494 e. The molecule has 172 valence electrons. The highest BCUT2D eigenvalue weighted by Crippen LogP contribution is 2.37. The first kappa shape index (κ1) is 22.8. The van der Waals surface area contributed by atoms with E-state index in [1.807, 2.05) is 0 Å². The highest BCUT2D eigenvalue weighted by Gasteiger charge is 2.26. The van der Waals surface area contributed by atoms with Gasteiger partial charge in [0.2, 0.25) is 0 Å². The molecule has 1 aliphatic heterocycles. The summed E-state index contributed by atoms with van der Waals surface area (Å²) in [6, 6.07) is 9.61. The molecular weight excluding hydrogens is 480 g/mol. The van der Waals surface area contributed by atoms with Gasteiger partial charge in [0.05, 0.1) is 23.4 Å². The Morgan fingerprint density at radius 1 is 1.00 bits per heavy atom. The Morgan fingerprint density at radius 2 is 1.76 bits per heavy atom. The van der Waals surface area contributed by atoms with E-state index in [-0.39, 0.29) is 41.0 Å². The molecule has 3 aromatic rings. The van der Waals surface area contributed by atoms with Crippen LogP contribution in [0.2, 0.25) is 5.02 Å². The summed E-state index contributed by atoms with van der Waals surface area (Å²) in [5.74, 6) is -2.45. The predicted octanol–water partition coefficient (Wildman–Crippen LogP) is 4.64. The first-order chi connectivity index (χ1) is 15.7. The van der Waals surface area contributed by atoms with Crippen molar-refractivity contribution in [2.24, 2.45) is 0 Å². The molecule has 4 bridgehead atoms. The van der Waals surface area contributed by atoms with Crippen molar-refractivity contribution in [3.05, 3.63) is 70.8 Å². The Kier molecular flexibility index (Phi) is 6.13. The number of rotatable bonds is 1. The summed E-state index contributed by atoms with van der Waals surface area (Å²) in [5.41, 5.74) is 0.175. The van der Waals surface area contributed by atoms with Gasteiger partial charge < -0.3 is 14.2 Å². The highest BCUT2D eigenvalue weighted by molar-refractivity contribution is 7.92. The zero-order valence-electron chi connectivity index (χ0n) is 17.0. The van der Waals surface area contributed by atoms with Crippen molar-refractivity contribution in [1.29, 1.82) is 0 Å². The second-order valence-electron chi connectivity index (χ2n) is 6.91. The predicted molar refractivity (Wildman–Crippen MR) is 116 cm³/mol. The van der Waals surface area contributed by atoms with Crippen molar-refractivity contribution in [1.82, 2.24) is 0 Å². The topological polar surface area (TPSA) is 90.9 Å². The van der Waals surface area contributed by atoms with Gasteiger partial charge in [-0.15, -0.1) is 0 Å². The number of ether oxygens (including phenoxy) is 3. The summed E-state index contributed by atoms with van der Waals surface area (Å²) in [5, 5.41) is -0.162. The van der Waals surface area contributed by atoms with Crippen LogP contribution in [-0.4, -0.2) is 34.7 Å². The van der Waals surface area contributed by atoms with Crippen molar-refractivity contribution in [2.75, 3.05) is 25.0 Å². The van der Waals surface area contributed by atoms with Crippen LogP contribution in [0.4, 0.5) is 14.5 Å². The fourth-order valence-electron chi connectivity index (χ4n) is 3.28. The number of carbonyl (C=O) groups excluding carboxylic acids is 1. The standard InChI is InChI=1S/C22H16ClF2NO6S/c1-30-21-16(23)8-13-10-20(21)33(28,29)26-18-9-12(2-5-17(18)25)15-4-3-14(24)11-19(15)31-6-7-32-22(13)27/h2-5,8-11,26H,6-7H2,1H3. The van der Waals surface area contributed by atoms with Crippen LogP contribution in [0.1, 0.15) is 10.4 Å². The van der Waals surface area contributed by atoms with E-state index in [4.69, 9.17) is 25.8 Å². The van der Waals surface area contributed by atoms with E-state index in [1.165, 1.54) is 37.4 Å². The molecule has 0 saturated carbocycles. The minimum atomic E-state index is -4.47. The molecule has 1 N–H and O–H groups in total. The van der Waals surface area contributed by atoms with Gasteiger partial charge in [0, 0.05) is 11.6 Å². The van der Waals surface area contributed by atoms with Gasteiger partial charge in [-0.25, -0.2) is 22.0 Å². The van der Waals surface area contributed by atoms with Gasteiger partial charge in [0.15, 0.2) is 5.75 Å². The first-order valence-corrected chi connectivity index (χ1v) is 11.4. The quantitative estimate of drug-likeness (QED) is 0.494. The van der Waals surface area contributed by atoms with E-state index in [0.29, 0.717) is 11.1 Å². The number of sulfonamides is 1. The number of fused-ring (bicyclic) bond motifs is 6. The fourth-order valence-corrected chi connectivity index (χ4v) is 4.91. The maximum Gasteiger partial charge on any atom is 0.338 e. The van der Waals surface area contributed by atoms with Gasteiger partial charge in [-0.05, 0) is 42.0 Å². The molecular formula is C22H16ClF2NO6S. The summed E-state index contributed by atoms with van der Waals surface area (Å²) in [4.78, 5) is 12.0. The molecule has 0 atom stereocenters. The molecule has 0 aliphatic carbocycles. The molecule has 0 amide bonds. The van der Waals surface area contributed by atoms with Gasteiger partial charge in [0.25, 0.3) is 10.0 Å². The number of esters is 1. The van der Waals surface area contributed by atoms with E-state index in [9.17, 15) is 22.0 Å². The average molecular weight is 496 g/mol. The molecule has 1 aliphatic rings. The van der Waals surface area contributed by atoms with Crippen LogP contribution >= 0.6 is 11.6 Å². The van der Waals surface area contributed by atoms with Crippen LogP contribution in [0, 0.1) is 11.6 Å². The number of methoxy groups -OCH3 is 1. The molecule has 3 aromatic carbocycles. The van der Waals surface area contributed by atoms with Gasteiger partial charge in [-0.2, -0.15) is 0 Å². The maximum absolute atomic E-state index is 14.6. The smallest absolute Gasteiger partial charge is 0.338 e. The Labute approximate surface area is 192 Å². The fraction of sp³-hybridized carbons (Fsp3) is 0.136. The molecule has 0 aromatic heterocycles. The molecule has 0 fully saturated rings. The molecule has 1 heterocycles. The summed E-state index contributed by atoms with van der Waals surface area (Å²) in [6.07, 6.45) is 0. The molecule has 0 unspecified atom stereocenters. The van der Waals surface area contributed by atoms with Crippen molar-refractivity contribution >= 4 is 33.3 Å². The molecule has 0 spiro atoms. The monoisotopic (exact) mass is 495 g/mol. The zero-order chi connectivity index (χ0) is 23.8. The summed E-state index contributed by atoms with van der Waals surface area (Å²) in [7, 11) is -3.27. The third-order valence-electron chi connectivity index (χ3n) is 4.78. The van der Waals surface area contributed by atoms with Crippen LogP contribution in [0.25, 0.3) is 11.1 Å². The van der Waals surface area contributed by atoms with Crippen molar-refractivity contribution in [3.63, 3.8) is 0 Å². The maximum atomic E-state index is 14.6. The van der Waals surface area contributed by atoms with Crippen molar-refractivity contribution in [2.45, 2.75) is 4.90 Å². The Bertz CT molecular complexity index is 1360. The van der Waals surface area contributed by atoms with Gasteiger partial charge in [-0.3, -0.25) is 4.72 Å². The molecule has 33 heavy (non-hydrogen) atoms. The highest BCUT2D eigenvalue weighted by atomic mass is 35.5. The van der Waals surface area contributed by atoms with Crippen LogP contribution in [0.5, 0.6) is 11.5 Å². The van der Waals surface area contributed by atoms with Crippen LogP contribution in [-0.2, 0) is 14.8 Å². The second-order valence-corrected chi connectivity index (χ2v) is 8.97. The van der Waals surface area contributed by atoms with E-state index in [0.717, 1.165) is 18.2 Å². The van der Waals surface area contributed by atoms with Crippen LogP contribution < -0.4 is 14.2 Å². The van der Waals surface area contributed by atoms with E-state index >= 15 is 0 Å². The summed E-state index contributed by atoms with van der Waals surface area (Å²) < 4.78 is 72.7. The average Bonchev–Trinajstić information content (AvgIpc) is 2.77. The Hall–Kier alpha value is -3.37. The molecule has 11 heteroatoms. The zero-order valence-corrected chi connectivity index (χ0v) is 18.6. The van der Waals surface area contributed by atoms with Gasteiger partial charge in [-0.1, -0.05) is 17.7 Å². The van der Waals surface area contributed by atoms with Crippen LogP contribution in [0.3, 0.4) is 0 Å². The molecule has 0 radical (unpaired) electrons. The lowest BCUT2D eigenvalue weighted by Crippen LogP contribution is -2.17. The summed E-state index contributed by atoms with van der Waals surface area (Å²) in [6.45, 7) is -0.336.